The van der Waals surface area contributed by atoms with Crippen LogP contribution >= 0.6 is 0 Å². The van der Waals surface area contributed by atoms with Gasteiger partial charge in [-0.25, -0.2) is 0 Å². The molecule has 2 heteroatoms. The van der Waals surface area contributed by atoms with Crippen molar-refractivity contribution in [3.05, 3.63) is 11.1 Å². The van der Waals surface area contributed by atoms with Crippen molar-refractivity contribution in [3.8, 4) is 0 Å². The third kappa shape index (κ3) is 2.37. The molecule has 14 heavy (non-hydrogen) atoms. The maximum atomic E-state index is 11.3. The number of carbonyl (C=O) groups excluding carboxylic acids is 1. The quantitative estimate of drug-likeness (QED) is 0.501. The highest BCUT2D eigenvalue weighted by molar-refractivity contribution is 5.73. The van der Waals surface area contributed by atoms with Gasteiger partial charge in [0.15, 0.2) is 0 Å². The molecule has 0 atom stereocenters. The topological polar surface area (TPSA) is 26.3 Å². The fourth-order valence-electron chi connectivity index (χ4n) is 2.28. The molecular formula is C12H20O2. The highest BCUT2D eigenvalue weighted by Gasteiger charge is 2.29. The summed E-state index contributed by atoms with van der Waals surface area (Å²) in [5.41, 5.74) is 2.85. The Morgan fingerprint density at radius 1 is 1.50 bits per heavy atom. The number of hydrogen-bond donors (Lipinski definition) is 0. The van der Waals surface area contributed by atoms with Crippen LogP contribution in [0.2, 0.25) is 0 Å². The minimum atomic E-state index is -0.116. The SMILES string of the molecule is COC(=O)CC1=C(C)CCCC1(C)C. The zero-order chi connectivity index (χ0) is 10.8. The van der Waals surface area contributed by atoms with Crippen LogP contribution in [0.5, 0.6) is 0 Å². The second-order valence-electron chi connectivity index (χ2n) is 4.75. The monoisotopic (exact) mass is 196 g/mol. The lowest BCUT2D eigenvalue weighted by Crippen LogP contribution is -2.22. The molecule has 0 aliphatic heterocycles. The van der Waals surface area contributed by atoms with Gasteiger partial charge in [0.1, 0.15) is 0 Å². The summed E-state index contributed by atoms with van der Waals surface area (Å²) in [5, 5.41) is 0. The van der Waals surface area contributed by atoms with Crippen LogP contribution in [-0.4, -0.2) is 13.1 Å². The van der Waals surface area contributed by atoms with Crippen LogP contribution in [0.3, 0.4) is 0 Å². The number of esters is 1. The second-order valence-corrected chi connectivity index (χ2v) is 4.75. The zero-order valence-corrected chi connectivity index (χ0v) is 9.64. The Hall–Kier alpha value is -0.790. The number of hydrogen-bond acceptors (Lipinski definition) is 2. The molecule has 0 N–H and O–H groups in total. The number of carbonyl (C=O) groups is 1. The molecule has 0 aromatic heterocycles. The van der Waals surface area contributed by atoms with E-state index >= 15 is 0 Å². The van der Waals surface area contributed by atoms with Gasteiger partial charge in [0.2, 0.25) is 0 Å². The van der Waals surface area contributed by atoms with Crippen LogP contribution in [0.15, 0.2) is 11.1 Å². The Bertz CT molecular complexity index is 261. The molecule has 0 amide bonds. The lowest BCUT2D eigenvalue weighted by atomic mass is 9.71. The Balaban J connectivity index is 2.85. The highest BCUT2D eigenvalue weighted by Crippen LogP contribution is 2.41. The predicted molar refractivity (Wildman–Crippen MR) is 57.0 cm³/mol. The Morgan fingerprint density at radius 2 is 2.14 bits per heavy atom. The smallest absolute Gasteiger partial charge is 0.309 e. The average Bonchev–Trinajstić information content (AvgIpc) is 2.11. The van der Waals surface area contributed by atoms with Crippen LogP contribution in [0, 0.1) is 5.41 Å². The van der Waals surface area contributed by atoms with E-state index in [1.165, 1.54) is 31.1 Å². The normalized spacial score (nSPS) is 20.9. The zero-order valence-electron chi connectivity index (χ0n) is 9.64. The fraction of sp³-hybridized carbons (Fsp3) is 0.750. The van der Waals surface area contributed by atoms with Gasteiger partial charge < -0.3 is 4.74 Å². The van der Waals surface area contributed by atoms with Gasteiger partial charge in [0, 0.05) is 0 Å². The fourth-order valence-corrected chi connectivity index (χ4v) is 2.28. The van der Waals surface area contributed by atoms with Gasteiger partial charge in [-0.05, 0) is 31.6 Å². The van der Waals surface area contributed by atoms with Crippen molar-refractivity contribution in [2.45, 2.75) is 46.5 Å². The van der Waals surface area contributed by atoms with Crippen molar-refractivity contribution < 1.29 is 9.53 Å². The van der Waals surface area contributed by atoms with Gasteiger partial charge in [-0.1, -0.05) is 25.0 Å². The molecule has 0 fully saturated rings. The maximum absolute atomic E-state index is 11.3. The molecule has 0 radical (unpaired) electrons. The van der Waals surface area contributed by atoms with Gasteiger partial charge >= 0.3 is 5.97 Å². The number of rotatable bonds is 2. The van der Waals surface area contributed by atoms with Crippen molar-refractivity contribution in [2.75, 3.05) is 7.11 Å². The van der Waals surface area contributed by atoms with Crippen LogP contribution in [-0.2, 0) is 9.53 Å². The summed E-state index contributed by atoms with van der Waals surface area (Å²) in [7, 11) is 1.45. The van der Waals surface area contributed by atoms with Crippen LogP contribution in [0.4, 0.5) is 0 Å². The molecule has 1 aliphatic carbocycles. The largest absolute Gasteiger partial charge is 0.469 e. The van der Waals surface area contributed by atoms with Crippen molar-refractivity contribution in [2.24, 2.45) is 5.41 Å². The van der Waals surface area contributed by atoms with E-state index < -0.39 is 0 Å². The summed E-state index contributed by atoms with van der Waals surface area (Å²) >= 11 is 0. The lowest BCUT2D eigenvalue weighted by molar-refractivity contribution is -0.140. The number of methoxy groups -OCH3 is 1. The van der Waals surface area contributed by atoms with E-state index in [9.17, 15) is 4.79 Å². The Morgan fingerprint density at radius 3 is 2.64 bits per heavy atom. The molecule has 0 saturated carbocycles. The molecule has 0 bridgehead atoms. The van der Waals surface area contributed by atoms with E-state index in [0.717, 1.165) is 6.42 Å². The third-order valence-corrected chi connectivity index (χ3v) is 3.23. The summed E-state index contributed by atoms with van der Waals surface area (Å²) < 4.78 is 4.72. The van der Waals surface area contributed by atoms with Crippen LogP contribution in [0.25, 0.3) is 0 Å². The molecule has 1 rings (SSSR count). The minimum absolute atomic E-state index is 0.116. The summed E-state index contributed by atoms with van der Waals surface area (Å²) in [6.07, 6.45) is 4.02. The summed E-state index contributed by atoms with van der Waals surface area (Å²) in [6.45, 7) is 6.57. The summed E-state index contributed by atoms with van der Waals surface area (Å²) in [6, 6.07) is 0. The predicted octanol–water partition coefficient (Wildman–Crippen LogP) is 3.08. The van der Waals surface area contributed by atoms with Gasteiger partial charge in [0.25, 0.3) is 0 Å². The van der Waals surface area contributed by atoms with Crippen LogP contribution < -0.4 is 0 Å². The van der Waals surface area contributed by atoms with E-state index in [1.54, 1.807) is 0 Å². The Kier molecular flexibility index (Phi) is 3.35. The molecule has 80 valence electrons. The van der Waals surface area contributed by atoms with E-state index in [1.807, 2.05) is 0 Å². The molecule has 0 aromatic rings. The third-order valence-electron chi connectivity index (χ3n) is 3.23. The highest BCUT2D eigenvalue weighted by atomic mass is 16.5. The molecule has 0 spiro atoms. The molecule has 0 aromatic carbocycles. The van der Waals surface area contributed by atoms with Crippen molar-refractivity contribution in [1.29, 1.82) is 0 Å². The minimum Gasteiger partial charge on any atom is -0.469 e. The van der Waals surface area contributed by atoms with Crippen molar-refractivity contribution in [3.63, 3.8) is 0 Å². The second kappa shape index (κ2) is 4.16. The van der Waals surface area contributed by atoms with E-state index in [2.05, 4.69) is 20.8 Å². The first kappa shape index (κ1) is 11.3. The molecule has 1 aliphatic rings. The Labute approximate surface area is 86.3 Å². The first-order chi connectivity index (χ1) is 6.47. The van der Waals surface area contributed by atoms with Gasteiger partial charge in [-0.2, -0.15) is 0 Å². The number of allylic oxidation sites excluding steroid dienone is 1. The van der Waals surface area contributed by atoms with Crippen molar-refractivity contribution >= 4 is 5.97 Å². The van der Waals surface area contributed by atoms with E-state index in [0.29, 0.717) is 6.42 Å². The lowest BCUT2D eigenvalue weighted by Gasteiger charge is -2.34. The van der Waals surface area contributed by atoms with Crippen molar-refractivity contribution in [1.82, 2.24) is 0 Å². The molecule has 2 nitrogen and oxygen atoms in total. The average molecular weight is 196 g/mol. The van der Waals surface area contributed by atoms with E-state index in [-0.39, 0.29) is 11.4 Å². The molecule has 0 saturated heterocycles. The van der Waals surface area contributed by atoms with Crippen LogP contribution in [0.1, 0.15) is 46.5 Å². The first-order valence-electron chi connectivity index (χ1n) is 5.23. The van der Waals surface area contributed by atoms with Gasteiger partial charge in [-0.3, -0.25) is 4.79 Å². The molecule has 0 heterocycles. The summed E-state index contributed by atoms with van der Waals surface area (Å²) in [4.78, 5) is 11.3. The standard InChI is InChI=1S/C12H20O2/c1-9-6-5-7-12(2,3)10(9)8-11(13)14-4/h5-8H2,1-4H3. The number of ether oxygens (including phenoxy) is 1. The van der Waals surface area contributed by atoms with Gasteiger partial charge in [-0.15, -0.1) is 0 Å². The molecule has 0 unspecified atom stereocenters. The molecular weight excluding hydrogens is 176 g/mol. The maximum Gasteiger partial charge on any atom is 0.309 e. The van der Waals surface area contributed by atoms with Gasteiger partial charge in [0.05, 0.1) is 13.5 Å². The van der Waals surface area contributed by atoms with E-state index in [4.69, 9.17) is 4.74 Å². The first-order valence-corrected chi connectivity index (χ1v) is 5.23. The summed E-state index contributed by atoms with van der Waals surface area (Å²) in [5.74, 6) is -0.116.